The SMILES string of the molecule is CC(C)=CC[C@H]1C(=O)C[C@@H]2CC3(C[C@@H]21)OCC(C)(C)CO3. The van der Waals surface area contributed by atoms with Crippen molar-refractivity contribution < 1.29 is 14.3 Å². The highest BCUT2D eigenvalue weighted by Crippen LogP contribution is 2.54. The number of Topliss-reactive ketones (excluding diaryl/α,β-unsaturated/α-hetero) is 1. The molecule has 1 aliphatic heterocycles. The fourth-order valence-electron chi connectivity index (χ4n) is 4.14. The first kappa shape index (κ1) is 15.2. The predicted octanol–water partition coefficient (Wildman–Crippen LogP) is 3.73. The smallest absolute Gasteiger partial charge is 0.168 e. The number of hydrogen-bond donors (Lipinski definition) is 0. The summed E-state index contributed by atoms with van der Waals surface area (Å²) < 4.78 is 12.3. The van der Waals surface area contributed by atoms with E-state index in [1.165, 1.54) is 5.57 Å². The lowest BCUT2D eigenvalue weighted by atomic mass is 9.88. The Kier molecular flexibility index (Phi) is 3.77. The standard InChI is InChI=1S/C18H28O3/c1-12(2)5-6-14-15-9-18(8-13(15)7-16(14)19)20-10-17(3,4)11-21-18/h5,13-15H,6-11H2,1-4H3/t13-,14-,15+/m1/s1. The number of carbonyl (C=O) groups is 1. The predicted molar refractivity (Wildman–Crippen MR) is 81.8 cm³/mol. The van der Waals surface area contributed by atoms with Gasteiger partial charge in [-0.25, -0.2) is 0 Å². The van der Waals surface area contributed by atoms with E-state index < -0.39 is 5.79 Å². The third kappa shape index (κ3) is 2.95. The third-order valence-corrected chi connectivity index (χ3v) is 5.35. The molecule has 0 N–H and O–H groups in total. The Morgan fingerprint density at radius 1 is 1.24 bits per heavy atom. The molecule has 3 rings (SSSR count). The molecule has 0 radical (unpaired) electrons. The number of ketones is 1. The Labute approximate surface area is 128 Å². The normalized spacial score (nSPS) is 36.8. The van der Waals surface area contributed by atoms with Gasteiger partial charge in [0.2, 0.25) is 0 Å². The lowest BCUT2D eigenvalue weighted by molar-refractivity contribution is -0.297. The first-order valence-electron chi connectivity index (χ1n) is 8.24. The quantitative estimate of drug-likeness (QED) is 0.728. The van der Waals surface area contributed by atoms with Crippen LogP contribution in [0.15, 0.2) is 11.6 Å². The molecule has 1 saturated heterocycles. The second-order valence-electron chi connectivity index (χ2n) is 8.28. The summed E-state index contributed by atoms with van der Waals surface area (Å²) in [6.07, 6.45) is 5.64. The summed E-state index contributed by atoms with van der Waals surface area (Å²) in [5.74, 6) is 1.16. The molecule has 0 aromatic carbocycles. The van der Waals surface area contributed by atoms with Crippen molar-refractivity contribution in [3.8, 4) is 0 Å². The van der Waals surface area contributed by atoms with Crippen LogP contribution in [0.3, 0.4) is 0 Å². The van der Waals surface area contributed by atoms with Crippen molar-refractivity contribution in [1.82, 2.24) is 0 Å². The van der Waals surface area contributed by atoms with Crippen LogP contribution in [0.4, 0.5) is 0 Å². The minimum atomic E-state index is -0.394. The first-order chi connectivity index (χ1) is 9.80. The largest absolute Gasteiger partial charge is 0.349 e. The van der Waals surface area contributed by atoms with E-state index in [1.54, 1.807) is 0 Å². The number of hydrogen-bond acceptors (Lipinski definition) is 3. The fourth-order valence-corrected chi connectivity index (χ4v) is 4.14. The third-order valence-electron chi connectivity index (χ3n) is 5.35. The van der Waals surface area contributed by atoms with E-state index in [9.17, 15) is 4.79 Å². The number of fused-ring (bicyclic) bond motifs is 1. The van der Waals surface area contributed by atoms with Gasteiger partial charge in [-0.2, -0.15) is 0 Å². The molecule has 1 spiro atoms. The molecular weight excluding hydrogens is 264 g/mol. The minimum Gasteiger partial charge on any atom is -0.349 e. The van der Waals surface area contributed by atoms with Gasteiger partial charge in [0.15, 0.2) is 5.79 Å². The molecule has 3 heteroatoms. The number of ether oxygens (including phenoxy) is 2. The van der Waals surface area contributed by atoms with E-state index in [1.807, 2.05) is 0 Å². The van der Waals surface area contributed by atoms with Crippen LogP contribution >= 0.6 is 0 Å². The van der Waals surface area contributed by atoms with Gasteiger partial charge >= 0.3 is 0 Å². The van der Waals surface area contributed by atoms with Gasteiger partial charge in [0.1, 0.15) is 5.78 Å². The van der Waals surface area contributed by atoms with E-state index in [-0.39, 0.29) is 11.3 Å². The van der Waals surface area contributed by atoms with E-state index in [0.29, 0.717) is 17.6 Å². The Bertz CT molecular complexity index is 449. The van der Waals surface area contributed by atoms with Crippen molar-refractivity contribution in [3.63, 3.8) is 0 Å². The van der Waals surface area contributed by atoms with E-state index in [2.05, 4.69) is 33.8 Å². The topological polar surface area (TPSA) is 35.5 Å². The van der Waals surface area contributed by atoms with Crippen molar-refractivity contribution >= 4 is 5.78 Å². The highest BCUT2D eigenvalue weighted by Gasteiger charge is 2.56. The maximum Gasteiger partial charge on any atom is 0.168 e. The summed E-state index contributed by atoms with van der Waals surface area (Å²) >= 11 is 0. The number of carbonyl (C=O) groups excluding carboxylic acids is 1. The van der Waals surface area contributed by atoms with Crippen molar-refractivity contribution in [1.29, 1.82) is 0 Å². The zero-order valence-corrected chi connectivity index (χ0v) is 13.8. The van der Waals surface area contributed by atoms with Gasteiger partial charge in [0, 0.05) is 30.6 Å². The summed E-state index contributed by atoms with van der Waals surface area (Å²) in [7, 11) is 0. The maximum absolute atomic E-state index is 12.3. The molecular formula is C18H28O3. The summed E-state index contributed by atoms with van der Waals surface area (Å²) in [6, 6.07) is 0. The molecule has 3 aliphatic rings. The van der Waals surface area contributed by atoms with Crippen LogP contribution in [-0.2, 0) is 14.3 Å². The van der Waals surface area contributed by atoms with Crippen LogP contribution < -0.4 is 0 Å². The van der Waals surface area contributed by atoms with Gasteiger partial charge in [-0.3, -0.25) is 4.79 Å². The summed E-state index contributed by atoms with van der Waals surface area (Å²) in [6.45, 7) is 10.1. The molecule has 1 heterocycles. The van der Waals surface area contributed by atoms with Gasteiger partial charge in [-0.15, -0.1) is 0 Å². The molecule has 0 aromatic heterocycles. The molecule has 0 aromatic rings. The molecule has 0 unspecified atom stereocenters. The molecule has 0 amide bonds. The van der Waals surface area contributed by atoms with Crippen LogP contribution in [0, 0.1) is 23.2 Å². The molecule has 21 heavy (non-hydrogen) atoms. The van der Waals surface area contributed by atoms with Crippen molar-refractivity contribution in [2.24, 2.45) is 23.2 Å². The van der Waals surface area contributed by atoms with Gasteiger partial charge in [0.05, 0.1) is 13.2 Å². The first-order valence-corrected chi connectivity index (χ1v) is 8.24. The van der Waals surface area contributed by atoms with Crippen molar-refractivity contribution in [2.45, 2.75) is 59.2 Å². The Hall–Kier alpha value is -0.670. The van der Waals surface area contributed by atoms with Crippen molar-refractivity contribution in [3.05, 3.63) is 11.6 Å². The van der Waals surface area contributed by atoms with Crippen LogP contribution in [0.1, 0.15) is 53.4 Å². The Balaban J connectivity index is 1.69. The van der Waals surface area contributed by atoms with Crippen LogP contribution in [0.5, 0.6) is 0 Å². The molecule has 3 fully saturated rings. The molecule has 2 aliphatic carbocycles. The van der Waals surface area contributed by atoms with Crippen LogP contribution in [-0.4, -0.2) is 24.8 Å². The van der Waals surface area contributed by atoms with Gasteiger partial charge in [-0.1, -0.05) is 25.5 Å². The minimum absolute atomic E-state index is 0.111. The van der Waals surface area contributed by atoms with Gasteiger partial charge in [-0.05, 0) is 32.1 Å². The maximum atomic E-state index is 12.3. The van der Waals surface area contributed by atoms with Crippen molar-refractivity contribution in [2.75, 3.05) is 13.2 Å². The molecule has 2 saturated carbocycles. The molecule has 3 nitrogen and oxygen atoms in total. The number of rotatable bonds is 2. The Morgan fingerprint density at radius 3 is 2.52 bits per heavy atom. The zero-order chi connectivity index (χ0) is 15.3. The molecule has 0 bridgehead atoms. The highest BCUT2D eigenvalue weighted by molar-refractivity contribution is 5.84. The lowest BCUT2D eigenvalue weighted by Gasteiger charge is -2.42. The van der Waals surface area contributed by atoms with Gasteiger partial charge in [0.25, 0.3) is 0 Å². The van der Waals surface area contributed by atoms with E-state index >= 15 is 0 Å². The zero-order valence-electron chi connectivity index (χ0n) is 13.8. The summed E-state index contributed by atoms with van der Waals surface area (Å²) in [5, 5.41) is 0. The average Bonchev–Trinajstić information content (AvgIpc) is 2.85. The summed E-state index contributed by atoms with van der Waals surface area (Å²) in [4.78, 5) is 12.3. The Morgan fingerprint density at radius 2 is 1.90 bits per heavy atom. The second kappa shape index (κ2) is 5.20. The van der Waals surface area contributed by atoms with Crippen LogP contribution in [0.2, 0.25) is 0 Å². The molecule has 118 valence electrons. The van der Waals surface area contributed by atoms with E-state index in [0.717, 1.165) is 38.9 Å². The fraction of sp³-hybridized carbons (Fsp3) is 0.833. The average molecular weight is 292 g/mol. The van der Waals surface area contributed by atoms with E-state index in [4.69, 9.17) is 9.47 Å². The molecule has 3 atom stereocenters. The second-order valence-corrected chi connectivity index (χ2v) is 8.28. The lowest BCUT2D eigenvalue weighted by Crippen LogP contribution is -2.46. The van der Waals surface area contributed by atoms with Crippen LogP contribution in [0.25, 0.3) is 0 Å². The number of allylic oxidation sites excluding steroid dienone is 2. The monoisotopic (exact) mass is 292 g/mol. The van der Waals surface area contributed by atoms with Gasteiger partial charge < -0.3 is 9.47 Å². The highest BCUT2D eigenvalue weighted by atomic mass is 16.7. The summed E-state index contributed by atoms with van der Waals surface area (Å²) in [5.41, 5.74) is 1.41.